The predicted molar refractivity (Wildman–Crippen MR) is 112 cm³/mol. The number of nitrogens with zero attached hydrogens (tertiary/aromatic N) is 2. The number of rotatable bonds is 5. The third-order valence-corrected chi connectivity index (χ3v) is 6.79. The van der Waals surface area contributed by atoms with E-state index in [4.69, 9.17) is 4.74 Å². The van der Waals surface area contributed by atoms with Gasteiger partial charge in [-0.25, -0.2) is 0 Å². The molecule has 0 saturated carbocycles. The van der Waals surface area contributed by atoms with Crippen LogP contribution in [0.1, 0.15) is 55.7 Å². The van der Waals surface area contributed by atoms with Crippen molar-refractivity contribution in [3.8, 4) is 23.5 Å². The Kier molecular flexibility index (Phi) is 4.11. The van der Waals surface area contributed by atoms with Gasteiger partial charge in [-0.15, -0.1) is 0 Å². The fraction of sp³-hybridized carbons (Fsp3) is 0.375. The molecule has 0 radical (unpaired) electrons. The lowest BCUT2D eigenvalue weighted by Crippen LogP contribution is -2.24. The topological polar surface area (TPSA) is 98.6 Å². The summed E-state index contributed by atoms with van der Waals surface area (Å²) in [4.78, 5) is 0. The smallest absolute Gasteiger partial charge is 0.205 e. The summed E-state index contributed by atoms with van der Waals surface area (Å²) in [6.07, 6.45) is 3.43. The summed E-state index contributed by atoms with van der Waals surface area (Å²) >= 11 is 0. The maximum atomic E-state index is 11.4. The van der Waals surface area contributed by atoms with Gasteiger partial charge in [0, 0.05) is 23.8 Å². The minimum Gasteiger partial charge on any atom is -0.494 e. The van der Waals surface area contributed by atoms with Crippen LogP contribution >= 0.6 is 0 Å². The largest absolute Gasteiger partial charge is 0.494 e. The highest BCUT2D eigenvalue weighted by Crippen LogP contribution is 2.67. The number of benzene rings is 2. The van der Waals surface area contributed by atoms with Gasteiger partial charge in [0.2, 0.25) is 11.8 Å². The Morgan fingerprint density at radius 2 is 1.63 bits per heavy atom. The summed E-state index contributed by atoms with van der Waals surface area (Å²) in [5.74, 6) is -0.0752. The molecule has 2 bridgehead atoms. The lowest BCUT2D eigenvalue weighted by Gasteiger charge is -2.26. The maximum Gasteiger partial charge on any atom is 0.205 e. The first-order chi connectivity index (χ1) is 14.5. The Morgan fingerprint density at radius 1 is 1.00 bits per heavy atom. The first kappa shape index (κ1) is 19.0. The number of hydrogen-bond donors (Lipinski definition) is 3. The molecule has 3 aromatic rings. The van der Waals surface area contributed by atoms with E-state index in [1.54, 1.807) is 12.1 Å². The average Bonchev–Trinajstić information content (AvgIpc) is 3.34. The van der Waals surface area contributed by atoms with Crippen LogP contribution < -0.4 is 0 Å². The normalized spacial score (nSPS) is 24.3. The number of aromatic nitrogens is 1. The summed E-state index contributed by atoms with van der Waals surface area (Å²) in [6, 6.07) is 13.1. The van der Waals surface area contributed by atoms with E-state index in [0.29, 0.717) is 35.2 Å². The molecule has 154 valence electrons. The Balaban J connectivity index is 1.81. The zero-order valence-electron chi connectivity index (χ0n) is 16.9. The van der Waals surface area contributed by atoms with Crippen molar-refractivity contribution >= 4 is 10.8 Å². The minimum absolute atomic E-state index is 0.0228. The first-order valence-corrected chi connectivity index (χ1v) is 10.4. The second-order valence-corrected chi connectivity index (χ2v) is 8.34. The molecule has 1 fully saturated rings. The summed E-state index contributed by atoms with van der Waals surface area (Å²) in [6.45, 7) is 2.01. The van der Waals surface area contributed by atoms with Crippen molar-refractivity contribution < 1.29 is 20.1 Å². The number of aromatic hydroxyl groups is 2. The van der Waals surface area contributed by atoms with E-state index >= 15 is 0 Å². The van der Waals surface area contributed by atoms with Crippen LogP contribution in [-0.2, 0) is 15.9 Å². The van der Waals surface area contributed by atoms with Gasteiger partial charge >= 0.3 is 0 Å². The van der Waals surface area contributed by atoms with Gasteiger partial charge < -0.3 is 20.1 Å². The molecule has 30 heavy (non-hydrogen) atoms. The van der Waals surface area contributed by atoms with Crippen LogP contribution in [0.25, 0.3) is 16.5 Å². The van der Waals surface area contributed by atoms with Gasteiger partial charge in [-0.3, -0.25) is 4.57 Å². The fourth-order valence-corrected chi connectivity index (χ4v) is 5.63. The second-order valence-electron chi connectivity index (χ2n) is 8.34. The highest BCUT2D eigenvalue weighted by atomic mass is 16.5. The molecule has 1 saturated heterocycles. The number of fused-ring (bicyclic) bond motifs is 6. The van der Waals surface area contributed by atoms with Crippen molar-refractivity contribution in [3.63, 3.8) is 0 Å². The number of aliphatic hydroxyl groups excluding tert-OH is 1. The quantitative estimate of drug-likeness (QED) is 0.589. The molecule has 1 aromatic heterocycles. The van der Waals surface area contributed by atoms with E-state index in [1.165, 1.54) is 4.57 Å². The predicted octanol–water partition coefficient (Wildman–Crippen LogP) is 4.31. The van der Waals surface area contributed by atoms with Crippen LogP contribution in [0.3, 0.4) is 0 Å². The standard InChI is InChI=1S/C24H24N2O4/c1-2-9-23-10-11-24(30-23,12-13-27)20-19(23)21(28)26(22(20)29)18-8-7-15(14-25)16-5-3-4-6-17(16)18/h3-8,27-29H,2,9-13H2,1H3/t23-,24-/m1/s1. The van der Waals surface area contributed by atoms with Crippen LogP contribution in [-0.4, -0.2) is 26.5 Å². The van der Waals surface area contributed by atoms with Crippen LogP contribution in [0.4, 0.5) is 0 Å². The number of hydrogen-bond acceptors (Lipinski definition) is 5. The molecule has 2 aromatic carbocycles. The number of nitriles is 1. The van der Waals surface area contributed by atoms with Gasteiger partial charge in [0.1, 0.15) is 11.2 Å². The van der Waals surface area contributed by atoms with Crippen LogP contribution in [0, 0.1) is 11.3 Å². The van der Waals surface area contributed by atoms with Gasteiger partial charge in [-0.1, -0.05) is 37.6 Å². The van der Waals surface area contributed by atoms with Crippen LogP contribution in [0.5, 0.6) is 11.8 Å². The zero-order valence-corrected chi connectivity index (χ0v) is 16.9. The molecule has 2 aliphatic heterocycles. The zero-order chi connectivity index (χ0) is 21.1. The van der Waals surface area contributed by atoms with E-state index in [-0.39, 0.29) is 18.4 Å². The molecule has 3 heterocycles. The molecule has 3 N–H and O–H groups in total. The van der Waals surface area contributed by atoms with Gasteiger partial charge in [0.15, 0.2) is 0 Å². The molecule has 2 atom stereocenters. The van der Waals surface area contributed by atoms with E-state index in [2.05, 4.69) is 13.0 Å². The van der Waals surface area contributed by atoms with E-state index in [9.17, 15) is 20.6 Å². The molecule has 0 amide bonds. The Morgan fingerprint density at radius 3 is 2.23 bits per heavy atom. The van der Waals surface area contributed by atoms with Gasteiger partial charge in [0.25, 0.3) is 0 Å². The van der Waals surface area contributed by atoms with Crippen LogP contribution in [0.2, 0.25) is 0 Å². The van der Waals surface area contributed by atoms with Crippen molar-refractivity contribution in [3.05, 3.63) is 53.1 Å². The number of aliphatic hydroxyl groups is 1. The molecule has 6 heteroatoms. The SMILES string of the molecule is CCC[C@]12CC[C@](CCO)(O1)c1c2c(O)n(-c2ccc(C#N)c3ccccc23)c1O. The molecule has 5 rings (SSSR count). The first-order valence-electron chi connectivity index (χ1n) is 10.4. The molecule has 2 aliphatic rings. The lowest BCUT2D eigenvalue weighted by atomic mass is 9.75. The molecular formula is C24H24N2O4. The molecule has 0 spiro atoms. The van der Waals surface area contributed by atoms with Gasteiger partial charge in [0.05, 0.1) is 28.4 Å². The summed E-state index contributed by atoms with van der Waals surface area (Å²) in [5, 5.41) is 43.4. The summed E-state index contributed by atoms with van der Waals surface area (Å²) in [5.41, 5.74) is 0.968. The van der Waals surface area contributed by atoms with Crippen molar-refractivity contribution in [1.29, 1.82) is 5.26 Å². The monoisotopic (exact) mass is 404 g/mol. The van der Waals surface area contributed by atoms with Gasteiger partial charge in [-0.05, 0) is 31.4 Å². The summed E-state index contributed by atoms with van der Waals surface area (Å²) < 4.78 is 7.95. The number of ether oxygens (including phenoxy) is 1. The maximum absolute atomic E-state index is 11.4. The Bertz CT molecular complexity index is 1160. The Labute approximate surface area is 174 Å². The Hall–Kier alpha value is -3.01. The summed E-state index contributed by atoms with van der Waals surface area (Å²) in [7, 11) is 0. The van der Waals surface area contributed by atoms with E-state index in [0.717, 1.165) is 30.0 Å². The highest BCUT2D eigenvalue weighted by molar-refractivity contribution is 5.95. The fourth-order valence-electron chi connectivity index (χ4n) is 5.63. The third-order valence-electron chi connectivity index (χ3n) is 6.79. The van der Waals surface area contributed by atoms with E-state index in [1.807, 2.05) is 24.3 Å². The molecule has 6 nitrogen and oxygen atoms in total. The van der Waals surface area contributed by atoms with Crippen molar-refractivity contribution in [2.75, 3.05) is 6.61 Å². The van der Waals surface area contributed by atoms with Gasteiger partial charge in [-0.2, -0.15) is 5.26 Å². The van der Waals surface area contributed by atoms with Crippen LogP contribution in [0.15, 0.2) is 36.4 Å². The lowest BCUT2D eigenvalue weighted by molar-refractivity contribution is -0.102. The van der Waals surface area contributed by atoms with Crippen molar-refractivity contribution in [2.24, 2.45) is 0 Å². The minimum atomic E-state index is -0.783. The van der Waals surface area contributed by atoms with Crippen molar-refractivity contribution in [2.45, 2.75) is 50.2 Å². The molecule has 0 aliphatic carbocycles. The van der Waals surface area contributed by atoms with Crippen molar-refractivity contribution in [1.82, 2.24) is 4.57 Å². The third kappa shape index (κ3) is 2.25. The second kappa shape index (κ2) is 6.49. The highest BCUT2D eigenvalue weighted by Gasteiger charge is 2.62. The molecule has 0 unspecified atom stereocenters. The van der Waals surface area contributed by atoms with E-state index < -0.39 is 11.2 Å². The average molecular weight is 404 g/mol. The molecular weight excluding hydrogens is 380 g/mol.